The van der Waals surface area contributed by atoms with Crippen molar-refractivity contribution in [1.82, 2.24) is 0 Å². The SMILES string of the molecule is Cc1cc(O)cc2ccc(F)c(C3CC3)c12. The molecule has 0 saturated heterocycles. The second kappa shape index (κ2) is 3.21. The van der Waals surface area contributed by atoms with Gasteiger partial charge in [-0.1, -0.05) is 6.07 Å². The third-order valence-corrected chi connectivity index (χ3v) is 3.27. The van der Waals surface area contributed by atoms with Crippen LogP contribution in [0.5, 0.6) is 5.75 Å². The van der Waals surface area contributed by atoms with Crippen molar-refractivity contribution in [3.63, 3.8) is 0 Å². The molecule has 2 aromatic rings. The van der Waals surface area contributed by atoms with Crippen LogP contribution in [-0.4, -0.2) is 5.11 Å². The molecule has 0 amide bonds. The summed E-state index contributed by atoms with van der Waals surface area (Å²) in [6.45, 7) is 1.92. The Balaban J connectivity index is 2.41. The van der Waals surface area contributed by atoms with E-state index in [1.165, 1.54) is 6.07 Å². The Bertz CT molecular complexity index is 570. The Morgan fingerprint density at radius 2 is 2.00 bits per heavy atom. The molecule has 1 aliphatic rings. The van der Waals surface area contributed by atoms with Gasteiger partial charge in [-0.25, -0.2) is 4.39 Å². The van der Waals surface area contributed by atoms with E-state index in [1.54, 1.807) is 18.2 Å². The summed E-state index contributed by atoms with van der Waals surface area (Å²) in [5.74, 6) is 0.522. The van der Waals surface area contributed by atoms with Gasteiger partial charge < -0.3 is 5.11 Å². The second-order valence-corrected chi connectivity index (χ2v) is 4.60. The summed E-state index contributed by atoms with van der Waals surface area (Å²) in [4.78, 5) is 0. The number of rotatable bonds is 1. The number of hydrogen-bond acceptors (Lipinski definition) is 1. The van der Waals surface area contributed by atoms with Crippen molar-refractivity contribution in [3.8, 4) is 5.75 Å². The van der Waals surface area contributed by atoms with Gasteiger partial charge in [0.1, 0.15) is 11.6 Å². The average Bonchev–Trinajstić information content (AvgIpc) is 3.02. The topological polar surface area (TPSA) is 20.2 Å². The van der Waals surface area contributed by atoms with Crippen LogP contribution in [0.15, 0.2) is 24.3 Å². The number of fused-ring (bicyclic) bond motifs is 1. The van der Waals surface area contributed by atoms with Crippen molar-refractivity contribution in [1.29, 1.82) is 0 Å². The number of halogens is 1. The van der Waals surface area contributed by atoms with E-state index < -0.39 is 0 Å². The maximum atomic E-state index is 13.8. The van der Waals surface area contributed by atoms with Crippen LogP contribution in [0.3, 0.4) is 0 Å². The molecule has 1 fully saturated rings. The van der Waals surface area contributed by atoms with Gasteiger partial charge in [-0.05, 0) is 65.8 Å². The van der Waals surface area contributed by atoms with E-state index >= 15 is 0 Å². The summed E-state index contributed by atoms with van der Waals surface area (Å²) in [5.41, 5.74) is 1.80. The van der Waals surface area contributed by atoms with E-state index in [4.69, 9.17) is 0 Å². The molecule has 0 atom stereocenters. The van der Waals surface area contributed by atoms with E-state index in [-0.39, 0.29) is 11.6 Å². The van der Waals surface area contributed by atoms with Crippen molar-refractivity contribution in [2.75, 3.05) is 0 Å². The van der Waals surface area contributed by atoms with Crippen molar-refractivity contribution >= 4 is 10.8 Å². The maximum Gasteiger partial charge on any atom is 0.127 e. The lowest BCUT2D eigenvalue weighted by atomic mass is 9.96. The maximum absolute atomic E-state index is 13.8. The van der Waals surface area contributed by atoms with Gasteiger partial charge >= 0.3 is 0 Å². The molecule has 0 bridgehead atoms. The van der Waals surface area contributed by atoms with E-state index in [9.17, 15) is 9.50 Å². The van der Waals surface area contributed by atoms with E-state index in [1.807, 2.05) is 6.92 Å². The summed E-state index contributed by atoms with van der Waals surface area (Å²) in [5, 5.41) is 11.4. The monoisotopic (exact) mass is 216 g/mol. The highest BCUT2D eigenvalue weighted by atomic mass is 19.1. The molecule has 1 saturated carbocycles. The number of phenolic OH excluding ortho intramolecular Hbond substituents is 1. The van der Waals surface area contributed by atoms with Crippen molar-refractivity contribution < 1.29 is 9.50 Å². The van der Waals surface area contributed by atoms with Crippen molar-refractivity contribution in [3.05, 3.63) is 41.2 Å². The molecule has 2 aromatic carbocycles. The van der Waals surface area contributed by atoms with Crippen LogP contribution >= 0.6 is 0 Å². The fourth-order valence-electron chi connectivity index (χ4n) is 2.44. The molecule has 0 radical (unpaired) electrons. The van der Waals surface area contributed by atoms with Crippen LogP contribution in [0, 0.1) is 12.7 Å². The minimum atomic E-state index is -0.108. The van der Waals surface area contributed by atoms with Crippen molar-refractivity contribution in [2.45, 2.75) is 25.7 Å². The van der Waals surface area contributed by atoms with Gasteiger partial charge in [0.2, 0.25) is 0 Å². The third kappa shape index (κ3) is 1.37. The van der Waals surface area contributed by atoms with Crippen LogP contribution in [0.2, 0.25) is 0 Å². The molecule has 82 valence electrons. The predicted octanol–water partition coefficient (Wildman–Crippen LogP) is 3.87. The largest absolute Gasteiger partial charge is 0.508 e. The normalized spacial score (nSPS) is 15.6. The second-order valence-electron chi connectivity index (χ2n) is 4.60. The molecule has 3 rings (SSSR count). The zero-order valence-electron chi connectivity index (χ0n) is 9.13. The van der Waals surface area contributed by atoms with Gasteiger partial charge in [0.15, 0.2) is 0 Å². The van der Waals surface area contributed by atoms with Gasteiger partial charge in [0.05, 0.1) is 0 Å². The Kier molecular flexibility index (Phi) is 1.93. The van der Waals surface area contributed by atoms with Gasteiger partial charge in [0, 0.05) is 0 Å². The first-order valence-corrected chi connectivity index (χ1v) is 5.58. The molecule has 0 aliphatic heterocycles. The molecule has 16 heavy (non-hydrogen) atoms. The van der Waals surface area contributed by atoms with Crippen LogP contribution in [0.4, 0.5) is 4.39 Å². The predicted molar refractivity (Wildman–Crippen MR) is 62.3 cm³/mol. The Labute approximate surface area is 93.5 Å². The Morgan fingerprint density at radius 1 is 1.25 bits per heavy atom. The molecule has 0 aromatic heterocycles. The van der Waals surface area contributed by atoms with Crippen molar-refractivity contribution in [2.24, 2.45) is 0 Å². The van der Waals surface area contributed by atoms with Gasteiger partial charge in [-0.15, -0.1) is 0 Å². The highest BCUT2D eigenvalue weighted by molar-refractivity contribution is 5.90. The minimum Gasteiger partial charge on any atom is -0.508 e. The molecular weight excluding hydrogens is 203 g/mol. The number of aromatic hydroxyl groups is 1. The van der Waals surface area contributed by atoms with Gasteiger partial charge in [0.25, 0.3) is 0 Å². The number of phenols is 1. The average molecular weight is 216 g/mol. The van der Waals surface area contributed by atoms with Gasteiger partial charge in [-0.3, -0.25) is 0 Å². The van der Waals surface area contributed by atoms with Crippen LogP contribution in [-0.2, 0) is 0 Å². The summed E-state index contributed by atoms with van der Waals surface area (Å²) in [7, 11) is 0. The molecule has 0 unspecified atom stereocenters. The van der Waals surface area contributed by atoms with Crippen LogP contribution in [0.25, 0.3) is 10.8 Å². The Morgan fingerprint density at radius 3 is 2.69 bits per heavy atom. The minimum absolute atomic E-state index is 0.108. The fourth-order valence-corrected chi connectivity index (χ4v) is 2.44. The van der Waals surface area contributed by atoms with Crippen LogP contribution in [0.1, 0.15) is 29.9 Å². The lowest BCUT2D eigenvalue weighted by molar-refractivity contribution is 0.475. The summed E-state index contributed by atoms with van der Waals surface area (Å²) in [6.07, 6.45) is 2.16. The van der Waals surface area contributed by atoms with Crippen LogP contribution < -0.4 is 0 Å². The smallest absolute Gasteiger partial charge is 0.127 e. The first-order chi connectivity index (χ1) is 7.66. The van der Waals surface area contributed by atoms with Gasteiger partial charge in [-0.2, -0.15) is 0 Å². The van der Waals surface area contributed by atoms with E-state index in [0.717, 1.165) is 34.7 Å². The molecular formula is C14H13FO. The molecule has 0 spiro atoms. The Hall–Kier alpha value is -1.57. The lowest BCUT2D eigenvalue weighted by Gasteiger charge is -2.10. The summed E-state index contributed by atoms with van der Waals surface area (Å²) < 4.78 is 13.8. The highest BCUT2D eigenvalue weighted by Crippen LogP contribution is 2.45. The zero-order valence-corrected chi connectivity index (χ0v) is 9.13. The van der Waals surface area contributed by atoms with E-state index in [2.05, 4.69) is 0 Å². The molecule has 2 heteroatoms. The number of benzene rings is 2. The highest BCUT2D eigenvalue weighted by Gasteiger charge is 2.28. The number of aryl methyl sites for hydroxylation is 1. The standard InChI is InChI=1S/C14H13FO/c1-8-6-11(16)7-10-4-5-12(15)14(13(8)10)9-2-3-9/h4-7,9,16H,2-3H2,1H3. The lowest BCUT2D eigenvalue weighted by Crippen LogP contribution is -1.92. The molecule has 1 N–H and O–H groups in total. The molecule has 1 nitrogen and oxygen atoms in total. The summed E-state index contributed by atoms with van der Waals surface area (Å²) in [6, 6.07) is 6.65. The molecule has 0 heterocycles. The first kappa shape index (κ1) is 9.64. The first-order valence-electron chi connectivity index (χ1n) is 5.58. The molecule has 1 aliphatic carbocycles. The summed E-state index contributed by atoms with van der Waals surface area (Å²) >= 11 is 0. The zero-order chi connectivity index (χ0) is 11.3. The number of hydrogen-bond donors (Lipinski definition) is 1. The fraction of sp³-hybridized carbons (Fsp3) is 0.286. The third-order valence-electron chi connectivity index (χ3n) is 3.27. The van der Waals surface area contributed by atoms with E-state index in [0.29, 0.717) is 5.92 Å². The quantitative estimate of drug-likeness (QED) is 0.767.